The second kappa shape index (κ2) is 6.64. The average molecular weight is 269 g/mol. The molecule has 0 radical (unpaired) electrons. The van der Waals surface area contributed by atoms with Gasteiger partial charge in [-0.15, -0.1) is 0 Å². The van der Waals surface area contributed by atoms with Crippen LogP contribution >= 0.6 is 0 Å². The van der Waals surface area contributed by atoms with E-state index in [0.717, 1.165) is 12.3 Å². The maximum atomic E-state index is 10.9. The Bertz CT molecular complexity index is 477. The van der Waals surface area contributed by atoms with Crippen LogP contribution in [0.1, 0.15) is 24.2 Å². The number of ether oxygens (including phenoxy) is 1. The van der Waals surface area contributed by atoms with Crippen LogP contribution in [0, 0.1) is 10.1 Å². The highest BCUT2D eigenvalue weighted by Gasteiger charge is 2.19. The molecule has 1 unspecified atom stereocenters. The second-order valence-corrected chi connectivity index (χ2v) is 3.80. The predicted octanol–water partition coefficient (Wildman–Crippen LogP) is 1.52. The molecule has 104 valence electrons. The van der Waals surface area contributed by atoms with E-state index >= 15 is 0 Å². The number of nitrogens with zero attached hydrogens (tertiary/aromatic N) is 2. The van der Waals surface area contributed by atoms with E-state index in [-0.39, 0.29) is 23.2 Å². The first-order chi connectivity index (χ1) is 8.95. The molecule has 1 rings (SSSR count). The number of nitro groups is 1. The Morgan fingerprint density at radius 1 is 1.68 bits per heavy atom. The van der Waals surface area contributed by atoms with Crippen LogP contribution in [0.25, 0.3) is 0 Å². The first-order valence-corrected chi connectivity index (χ1v) is 5.68. The molecule has 8 nitrogen and oxygen atoms in total. The number of rotatable bonds is 7. The number of hydrogen-bond donors (Lipinski definition) is 2. The number of aromatic carboxylic acids is 1. The standard InChI is InChI=1S/C11H15N3O5/c1-3-19-7(2)5-12-10-9(14(17)18)4-8(6-13-10)11(15)16/h4,6-7H,3,5H2,1-2H3,(H,12,13)(H,15,16). The molecule has 0 saturated heterocycles. The Kier molecular flexibility index (Phi) is 5.19. The van der Waals surface area contributed by atoms with Crippen molar-refractivity contribution in [3.8, 4) is 0 Å². The first kappa shape index (κ1) is 14.8. The van der Waals surface area contributed by atoms with Crippen LogP contribution in [-0.4, -0.2) is 40.2 Å². The first-order valence-electron chi connectivity index (χ1n) is 5.68. The molecule has 0 amide bonds. The van der Waals surface area contributed by atoms with Crippen molar-refractivity contribution in [3.05, 3.63) is 27.9 Å². The maximum absolute atomic E-state index is 10.9. The van der Waals surface area contributed by atoms with E-state index in [1.165, 1.54) is 0 Å². The molecule has 0 aliphatic carbocycles. The van der Waals surface area contributed by atoms with E-state index in [1.807, 2.05) is 13.8 Å². The lowest BCUT2D eigenvalue weighted by atomic mass is 10.2. The molecule has 8 heteroatoms. The van der Waals surface area contributed by atoms with E-state index in [1.54, 1.807) is 0 Å². The third kappa shape index (κ3) is 4.18. The van der Waals surface area contributed by atoms with Gasteiger partial charge < -0.3 is 15.2 Å². The quantitative estimate of drug-likeness (QED) is 0.569. The third-order valence-electron chi connectivity index (χ3n) is 2.32. The highest BCUT2D eigenvalue weighted by atomic mass is 16.6. The van der Waals surface area contributed by atoms with Gasteiger partial charge in [-0.25, -0.2) is 9.78 Å². The van der Waals surface area contributed by atoms with E-state index in [9.17, 15) is 14.9 Å². The summed E-state index contributed by atoms with van der Waals surface area (Å²) in [5.41, 5.74) is -0.598. The topological polar surface area (TPSA) is 115 Å². The van der Waals surface area contributed by atoms with Crippen molar-refractivity contribution < 1.29 is 19.6 Å². The van der Waals surface area contributed by atoms with Crippen molar-refractivity contribution in [3.63, 3.8) is 0 Å². The summed E-state index contributed by atoms with van der Waals surface area (Å²) in [5.74, 6) is -1.23. The van der Waals surface area contributed by atoms with Gasteiger partial charge in [0.05, 0.1) is 16.6 Å². The summed E-state index contributed by atoms with van der Waals surface area (Å²) in [5, 5.41) is 22.4. The number of carboxylic acids is 1. The number of anilines is 1. The highest BCUT2D eigenvalue weighted by molar-refractivity contribution is 5.88. The van der Waals surface area contributed by atoms with Gasteiger partial charge in [-0.05, 0) is 13.8 Å². The Hall–Kier alpha value is -2.22. The normalized spacial score (nSPS) is 11.9. The molecule has 0 bridgehead atoms. The largest absolute Gasteiger partial charge is 0.478 e. The molecule has 0 spiro atoms. The van der Waals surface area contributed by atoms with Gasteiger partial charge in [0.25, 0.3) is 0 Å². The van der Waals surface area contributed by atoms with Gasteiger partial charge in [0.1, 0.15) is 0 Å². The van der Waals surface area contributed by atoms with Gasteiger partial charge >= 0.3 is 11.7 Å². The van der Waals surface area contributed by atoms with Gasteiger partial charge in [0.2, 0.25) is 5.82 Å². The van der Waals surface area contributed by atoms with Crippen molar-refractivity contribution >= 4 is 17.5 Å². The molecular formula is C11H15N3O5. The molecule has 0 saturated carbocycles. The number of hydrogen-bond acceptors (Lipinski definition) is 6. The predicted molar refractivity (Wildman–Crippen MR) is 67.4 cm³/mol. The number of aromatic nitrogens is 1. The van der Waals surface area contributed by atoms with Crippen LogP contribution < -0.4 is 5.32 Å². The molecular weight excluding hydrogens is 254 g/mol. The number of pyridine rings is 1. The van der Waals surface area contributed by atoms with E-state index < -0.39 is 10.9 Å². The summed E-state index contributed by atoms with van der Waals surface area (Å²) in [4.78, 5) is 24.7. The second-order valence-electron chi connectivity index (χ2n) is 3.80. The third-order valence-corrected chi connectivity index (χ3v) is 2.32. The molecule has 1 aromatic heterocycles. The number of carbonyl (C=O) groups is 1. The number of carboxylic acid groups (broad SMARTS) is 1. The van der Waals surface area contributed by atoms with Crippen molar-refractivity contribution in [2.45, 2.75) is 20.0 Å². The van der Waals surface area contributed by atoms with Gasteiger partial charge in [-0.1, -0.05) is 0 Å². The van der Waals surface area contributed by atoms with Crippen molar-refractivity contribution in [2.75, 3.05) is 18.5 Å². The monoisotopic (exact) mass is 269 g/mol. The SMILES string of the molecule is CCOC(C)CNc1ncc(C(=O)O)cc1[N+](=O)[O-]. The Morgan fingerprint density at radius 3 is 2.89 bits per heavy atom. The zero-order chi connectivity index (χ0) is 14.4. The minimum atomic E-state index is -1.26. The highest BCUT2D eigenvalue weighted by Crippen LogP contribution is 2.22. The fourth-order valence-corrected chi connectivity index (χ4v) is 1.43. The summed E-state index contributed by atoms with van der Waals surface area (Å²) in [6, 6.07) is 0.975. The smallest absolute Gasteiger partial charge is 0.337 e. The lowest BCUT2D eigenvalue weighted by Crippen LogP contribution is -2.21. The maximum Gasteiger partial charge on any atom is 0.337 e. The van der Waals surface area contributed by atoms with Gasteiger partial charge in [-0.2, -0.15) is 0 Å². The lowest BCUT2D eigenvalue weighted by Gasteiger charge is -2.13. The summed E-state index contributed by atoms with van der Waals surface area (Å²) >= 11 is 0. The molecule has 19 heavy (non-hydrogen) atoms. The fourth-order valence-electron chi connectivity index (χ4n) is 1.43. The van der Waals surface area contributed by atoms with Crippen LogP contribution in [0.4, 0.5) is 11.5 Å². The molecule has 0 aliphatic heterocycles. The molecule has 0 aliphatic rings. The van der Waals surface area contributed by atoms with E-state index in [4.69, 9.17) is 9.84 Å². The number of nitrogens with one attached hydrogen (secondary N) is 1. The van der Waals surface area contributed by atoms with Crippen LogP contribution in [0.5, 0.6) is 0 Å². The van der Waals surface area contributed by atoms with Crippen molar-refractivity contribution in [1.29, 1.82) is 0 Å². The molecule has 1 heterocycles. The Labute approximate surface area is 109 Å². The Balaban J connectivity index is 2.88. The molecule has 1 aromatic rings. The zero-order valence-electron chi connectivity index (χ0n) is 10.6. The summed E-state index contributed by atoms with van der Waals surface area (Å²) in [6.07, 6.45) is 0.939. The van der Waals surface area contributed by atoms with E-state index in [0.29, 0.717) is 13.2 Å². The Morgan fingerprint density at radius 2 is 2.37 bits per heavy atom. The lowest BCUT2D eigenvalue weighted by molar-refractivity contribution is -0.384. The van der Waals surface area contributed by atoms with Crippen LogP contribution in [-0.2, 0) is 4.74 Å². The minimum absolute atomic E-state index is 0.0292. The summed E-state index contributed by atoms with van der Waals surface area (Å²) in [7, 11) is 0. The molecule has 0 aromatic carbocycles. The van der Waals surface area contributed by atoms with Gasteiger partial charge in [0, 0.05) is 25.4 Å². The van der Waals surface area contributed by atoms with Crippen molar-refractivity contribution in [2.24, 2.45) is 0 Å². The van der Waals surface area contributed by atoms with Crippen LogP contribution in [0.2, 0.25) is 0 Å². The van der Waals surface area contributed by atoms with E-state index in [2.05, 4.69) is 10.3 Å². The van der Waals surface area contributed by atoms with Gasteiger partial charge in [0.15, 0.2) is 0 Å². The average Bonchev–Trinajstić information content (AvgIpc) is 2.36. The van der Waals surface area contributed by atoms with Crippen LogP contribution in [0.3, 0.4) is 0 Å². The van der Waals surface area contributed by atoms with Gasteiger partial charge in [-0.3, -0.25) is 10.1 Å². The fraction of sp³-hybridized carbons (Fsp3) is 0.455. The van der Waals surface area contributed by atoms with Crippen molar-refractivity contribution in [1.82, 2.24) is 4.98 Å². The van der Waals surface area contributed by atoms with Crippen LogP contribution in [0.15, 0.2) is 12.3 Å². The summed E-state index contributed by atoms with van der Waals surface area (Å²) in [6.45, 7) is 4.54. The minimum Gasteiger partial charge on any atom is -0.478 e. The zero-order valence-corrected chi connectivity index (χ0v) is 10.6. The molecule has 2 N–H and O–H groups in total. The molecule has 1 atom stereocenters. The summed E-state index contributed by atoms with van der Waals surface area (Å²) < 4.78 is 5.27. The molecule has 0 fully saturated rings.